The van der Waals surface area contributed by atoms with Crippen molar-refractivity contribution in [1.82, 2.24) is 14.9 Å². The Hall–Kier alpha value is -2.55. The minimum Gasteiger partial charge on any atom is -0.349 e. The Labute approximate surface area is 196 Å². The first-order valence-electron chi connectivity index (χ1n) is 10.1. The molecule has 0 saturated carbocycles. The summed E-state index contributed by atoms with van der Waals surface area (Å²) in [5.41, 5.74) is 2.24. The summed E-state index contributed by atoms with van der Waals surface area (Å²) in [5, 5.41) is 5.73. The number of amides is 2. The van der Waals surface area contributed by atoms with E-state index >= 15 is 0 Å². The molecule has 0 fully saturated rings. The third-order valence-electron chi connectivity index (χ3n) is 5.61. The Bertz CT molecular complexity index is 1200. The Kier molecular flexibility index (Phi) is 6.46. The fourth-order valence-electron chi connectivity index (χ4n) is 4.03. The molecule has 0 spiro atoms. The van der Waals surface area contributed by atoms with Crippen LogP contribution >= 0.6 is 23.2 Å². The summed E-state index contributed by atoms with van der Waals surface area (Å²) in [4.78, 5) is 25.3. The number of nitrogens with zero attached hydrogens (tertiary/aromatic N) is 1. The first kappa shape index (κ1) is 22.6. The highest BCUT2D eigenvalue weighted by molar-refractivity contribution is 7.89. The summed E-state index contributed by atoms with van der Waals surface area (Å²) in [7, 11) is -4.15. The maximum absolute atomic E-state index is 13.2. The summed E-state index contributed by atoms with van der Waals surface area (Å²) >= 11 is 11.9. The lowest BCUT2D eigenvalue weighted by atomic mass is 9.87. The van der Waals surface area contributed by atoms with Crippen molar-refractivity contribution in [1.29, 1.82) is 0 Å². The first-order valence-corrected chi connectivity index (χ1v) is 12.3. The van der Waals surface area contributed by atoms with E-state index in [4.69, 9.17) is 23.2 Å². The van der Waals surface area contributed by atoms with Gasteiger partial charge >= 0.3 is 0 Å². The summed E-state index contributed by atoms with van der Waals surface area (Å²) in [6, 6.07) is 10.4. The molecule has 10 heteroatoms. The van der Waals surface area contributed by atoms with E-state index < -0.39 is 27.9 Å². The molecule has 7 nitrogen and oxygen atoms in total. The molecule has 4 rings (SSSR count). The third kappa shape index (κ3) is 4.48. The molecule has 0 radical (unpaired) electrons. The number of nitrogens with one attached hydrogen (secondary N) is 2. The molecule has 2 aromatic carbocycles. The van der Waals surface area contributed by atoms with E-state index in [2.05, 4.69) is 10.6 Å². The maximum atomic E-state index is 13.2. The molecule has 2 N–H and O–H groups in total. The molecule has 0 unspecified atom stereocenters. The minimum absolute atomic E-state index is 0.0726. The molecule has 32 heavy (non-hydrogen) atoms. The zero-order valence-corrected chi connectivity index (χ0v) is 19.3. The fourth-order valence-corrected chi connectivity index (χ4v) is 5.87. The summed E-state index contributed by atoms with van der Waals surface area (Å²) in [5.74, 6) is -0.994. The summed E-state index contributed by atoms with van der Waals surface area (Å²) in [6.07, 6.45) is 4.80. The van der Waals surface area contributed by atoms with Gasteiger partial charge in [0.15, 0.2) is 0 Å². The number of carbonyl (C=O) groups is 2. The molecular weight excluding hydrogens is 473 g/mol. The van der Waals surface area contributed by atoms with Crippen molar-refractivity contribution in [3.8, 4) is 0 Å². The quantitative estimate of drug-likeness (QED) is 0.665. The molecular formula is C22H21Cl2N3O4S. The van der Waals surface area contributed by atoms with Gasteiger partial charge in [-0.05, 0) is 48.6 Å². The standard InChI is InChI=1S/C22H21Cl2N3O4S/c23-17-9-8-15(12-18(17)24)32(30,31)27-11-10-25-22(29)20(27)13-21(28)26-19-7-3-5-14-4-1-2-6-16(14)19/h1-2,4,6,8-12,19-20H,3,5,7,13H2,(H,25,29)(H,26,28)/t19-,20-/m1/s1. The number of rotatable bonds is 5. The van der Waals surface area contributed by atoms with Crippen molar-refractivity contribution in [3.05, 3.63) is 76.0 Å². The molecule has 0 saturated heterocycles. The van der Waals surface area contributed by atoms with Crippen molar-refractivity contribution >= 4 is 45.0 Å². The molecule has 2 aliphatic rings. The molecule has 2 atom stereocenters. The molecule has 0 aromatic heterocycles. The summed E-state index contributed by atoms with van der Waals surface area (Å²) < 4.78 is 27.3. The molecule has 2 amide bonds. The average Bonchev–Trinajstić information content (AvgIpc) is 2.77. The van der Waals surface area contributed by atoms with Crippen LogP contribution in [0.3, 0.4) is 0 Å². The number of carbonyl (C=O) groups excluding carboxylic acids is 2. The number of hydrogen-bond acceptors (Lipinski definition) is 4. The van der Waals surface area contributed by atoms with Gasteiger partial charge in [0.2, 0.25) is 11.8 Å². The molecule has 2 aromatic rings. The predicted octanol–water partition coefficient (Wildman–Crippen LogP) is 3.54. The van der Waals surface area contributed by atoms with Crippen molar-refractivity contribution < 1.29 is 18.0 Å². The Balaban J connectivity index is 1.55. The number of halogens is 2. The van der Waals surface area contributed by atoms with Gasteiger partial charge in [-0.25, -0.2) is 8.42 Å². The van der Waals surface area contributed by atoms with Crippen LogP contribution < -0.4 is 10.6 Å². The number of fused-ring (bicyclic) bond motifs is 1. The highest BCUT2D eigenvalue weighted by atomic mass is 35.5. The number of hydrogen-bond donors (Lipinski definition) is 2. The predicted molar refractivity (Wildman–Crippen MR) is 121 cm³/mol. The zero-order valence-electron chi connectivity index (χ0n) is 16.9. The fraction of sp³-hybridized carbons (Fsp3) is 0.273. The van der Waals surface area contributed by atoms with Crippen LogP contribution in [0.5, 0.6) is 0 Å². The second-order valence-corrected chi connectivity index (χ2v) is 10.3. The maximum Gasteiger partial charge on any atom is 0.264 e. The first-order chi connectivity index (χ1) is 15.3. The van der Waals surface area contributed by atoms with Gasteiger partial charge in [-0.15, -0.1) is 0 Å². The van der Waals surface area contributed by atoms with Crippen LogP contribution in [0, 0.1) is 0 Å². The van der Waals surface area contributed by atoms with E-state index in [1.807, 2.05) is 24.3 Å². The lowest BCUT2D eigenvalue weighted by molar-refractivity contribution is -0.129. The molecule has 1 aliphatic heterocycles. The number of benzene rings is 2. The van der Waals surface area contributed by atoms with E-state index in [1.165, 1.54) is 36.2 Å². The van der Waals surface area contributed by atoms with Gasteiger partial charge in [0.1, 0.15) is 6.04 Å². The molecule has 1 aliphatic carbocycles. The van der Waals surface area contributed by atoms with Crippen molar-refractivity contribution in [3.63, 3.8) is 0 Å². The SMILES string of the molecule is O=C(C[C@@H]1C(=O)NC=CN1S(=O)(=O)c1ccc(Cl)c(Cl)c1)N[C@@H]1CCCc2ccccc21. The van der Waals surface area contributed by atoms with Crippen LogP contribution in [0.25, 0.3) is 0 Å². The van der Waals surface area contributed by atoms with Crippen LogP contribution in [0.2, 0.25) is 10.0 Å². The Morgan fingerprint density at radius 1 is 1.16 bits per heavy atom. The molecule has 0 bridgehead atoms. The number of aryl methyl sites for hydroxylation is 1. The molecule has 168 valence electrons. The second-order valence-electron chi connectivity index (χ2n) is 7.67. The second kappa shape index (κ2) is 9.13. The van der Waals surface area contributed by atoms with Gasteiger partial charge in [0.25, 0.3) is 10.0 Å². The van der Waals surface area contributed by atoms with Crippen LogP contribution in [-0.2, 0) is 26.0 Å². The molecule has 1 heterocycles. The topological polar surface area (TPSA) is 95.6 Å². The van der Waals surface area contributed by atoms with Gasteiger partial charge in [-0.1, -0.05) is 47.5 Å². The van der Waals surface area contributed by atoms with Crippen LogP contribution in [0.15, 0.2) is 59.8 Å². The Morgan fingerprint density at radius 3 is 2.72 bits per heavy atom. The lowest BCUT2D eigenvalue weighted by Gasteiger charge is -2.32. The van der Waals surface area contributed by atoms with Crippen molar-refractivity contribution in [2.75, 3.05) is 0 Å². The van der Waals surface area contributed by atoms with Gasteiger partial charge in [-0.2, -0.15) is 0 Å². The lowest BCUT2D eigenvalue weighted by Crippen LogP contribution is -2.51. The highest BCUT2D eigenvalue weighted by Crippen LogP contribution is 2.31. The van der Waals surface area contributed by atoms with Gasteiger partial charge in [-0.3, -0.25) is 13.9 Å². The van der Waals surface area contributed by atoms with E-state index in [0.29, 0.717) is 0 Å². The number of sulfonamides is 1. The van der Waals surface area contributed by atoms with E-state index in [0.717, 1.165) is 29.1 Å². The highest BCUT2D eigenvalue weighted by Gasteiger charge is 2.37. The van der Waals surface area contributed by atoms with E-state index in [1.54, 1.807) is 0 Å². The van der Waals surface area contributed by atoms with Crippen molar-refractivity contribution in [2.24, 2.45) is 0 Å². The zero-order chi connectivity index (χ0) is 22.9. The normalized spacial score (nSPS) is 20.4. The van der Waals surface area contributed by atoms with Crippen LogP contribution in [0.1, 0.15) is 36.4 Å². The Morgan fingerprint density at radius 2 is 1.94 bits per heavy atom. The average molecular weight is 494 g/mol. The minimum atomic E-state index is -4.15. The van der Waals surface area contributed by atoms with Crippen molar-refractivity contribution in [2.45, 2.75) is 42.7 Å². The van der Waals surface area contributed by atoms with Crippen LogP contribution in [-0.4, -0.2) is 30.6 Å². The smallest absolute Gasteiger partial charge is 0.264 e. The van der Waals surface area contributed by atoms with E-state index in [9.17, 15) is 18.0 Å². The van der Waals surface area contributed by atoms with Gasteiger partial charge < -0.3 is 10.6 Å². The van der Waals surface area contributed by atoms with Crippen LogP contribution in [0.4, 0.5) is 0 Å². The van der Waals surface area contributed by atoms with Gasteiger partial charge in [0.05, 0.1) is 27.4 Å². The summed E-state index contributed by atoms with van der Waals surface area (Å²) in [6.45, 7) is 0. The monoisotopic (exact) mass is 493 g/mol. The van der Waals surface area contributed by atoms with Gasteiger partial charge in [0, 0.05) is 12.4 Å². The third-order valence-corrected chi connectivity index (χ3v) is 8.13. The van der Waals surface area contributed by atoms with E-state index in [-0.39, 0.29) is 27.4 Å². The largest absolute Gasteiger partial charge is 0.349 e.